The molecule has 3 rings (SSSR count). The van der Waals surface area contributed by atoms with Gasteiger partial charge in [-0.15, -0.1) is 0 Å². The maximum absolute atomic E-state index is 13.6. The molecular weight excluding hydrogens is 486 g/mol. The van der Waals surface area contributed by atoms with Crippen molar-refractivity contribution < 1.29 is 58.7 Å². The molecule has 2 aromatic carbocycles. The molecule has 14 heteroatoms. The van der Waals surface area contributed by atoms with E-state index in [0.717, 1.165) is 6.07 Å². The Morgan fingerprint density at radius 2 is 1.76 bits per heavy atom. The molecule has 1 aliphatic heterocycles. The first kappa shape index (κ1) is 24.6. The van der Waals surface area contributed by atoms with Crippen LogP contribution >= 0.6 is 0 Å². The van der Waals surface area contributed by atoms with E-state index in [2.05, 4.69) is 4.18 Å². The van der Waals surface area contributed by atoms with Crippen LogP contribution in [0.15, 0.2) is 30.3 Å². The van der Waals surface area contributed by atoms with Gasteiger partial charge in [0.1, 0.15) is 5.75 Å². The summed E-state index contributed by atoms with van der Waals surface area (Å²) in [7, 11) is -6.34. The molecule has 0 fully saturated rings. The first-order valence-corrected chi connectivity index (χ1v) is 10.5. The summed E-state index contributed by atoms with van der Waals surface area (Å²) in [4.78, 5) is 11.4. The number of aliphatic hydroxyl groups is 1. The van der Waals surface area contributed by atoms with Crippen molar-refractivity contribution in [3.05, 3.63) is 47.0 Å². The van der Waals surface area contributed by atoms with Crippen LogP contribution in [0.4, 0.5) is 26.3 Å². The summed E-state index contributed by atoms with van der Waals surface area (Å²) in [5.41, 5.74) is -9.85. The number of aliphatic carboxylic acids is 1. The third-order valence-corrected chi connectivity index (χ3v) is 5.67. The lowest BCUT2D eigenvalue weighted by Gasteiger charge is -2.23. The van der Waals surface area contributed by atoms with Gasteiger partial charge in [0.2, 0.25) is 0 Å². The first-order valence-electron chi connectivity index (χ1n) is 9.05. The lowest BCUT2D eigenvalue weighted by molar-refractivity contribution is -0.149. The minimum atomic E-state index is -6.34. The summed E-state index contributed by atoms with van der Waals surface area (Å²) < 4.78 is 112. The fraction of sp³-hybridized carbons (Fsp3) is 0.316. The SMILES string of the molecule is O=C(O)C(O)c1c(C(F)(F)F)ccc(OS(=O)(=O)C(F)(F)F)c1-c1ccc2c(c1)CCCO2. The highest BCUT2D eigenvalue weighted by Gasteiger charge is 2.49. The van der Waals surface area contributed by atoms with E-state index in [1.807, 2.05) is 0 Å². The number of aliphatic hydroxyl groups excluding tert-OH is 1. The molecule has 180 valence electrons. The van der Waals surface area contributed by atoms with Gasteiger partial charge in [0.05, 0.1) is 12.2 Å². The van der Waals surface area contributed by atoms with Crippen LogP contribution in [0.2, 0.25) is 0 Å². The summed E-state index contributed by atoms with van der Waals surface area (Å²) in [6, 6.07) is 4.02. The van der Waals surface area contributed by atoms with Crippen molar-refractivity contribution in [2.75, 3.05) is 6.61 Å². The van der Waals surface area contributed by atoms with Crippen molar-refractivity contribution >= 4 is 16.1 Å². The maximum Gasteiger partial charge on any atom is 0.534 e. The van der Waals surface area contributed by atoms with E-state index in [4.69, 9.17) is 9.84 Å². The van der Waals surface area contributed by atoms with Crippen LogP contribution in [-0.2, 0) is 27.5 Å². The molecule has 2 aromatic rings. The molecule has 0 spiro atoms. The first-order chi connectivity index (χ1) is 15.1. The molecule has 0 saturated heterocycles. The highest BCUT2D eigenvalue weighted by atomic mass is 32.2. The topological polar surface area (TPSA) is 110 Å². The number of halogens is 6. The Balaban J connectivity index is 2.38. The minimum absolute atomic E-state index is 0.133. The second-order valence-corrected chi connectivity index (χ2v) is 8.43. The average Bonchev–Trinajstić information content (AvgIpc) is 2.70. The van der Waals surface area contributed by atoms with Crippen LogP contribution in [-0.4, -0.2) is 36.7 Å². The average molecular weight is 500 g/mol. The van der Waals surface area contributed by atoms with Crippen molar-refractivity contribution in [1.82, 2.24) is 0 Å². The molecule has 0 bridgehead atoms. The normalized spacial score (nSPS) is 15.4. The van der Waals surface area contributed by atoms with Crippen molar-refractivity contribution in [1.29, 1.82) is 0 Å². The fourth-order valence-corrected chi connectivity index (χ4v) is 3.77. The summed E-state index contributed by atoms with van der Waals surface area (Å²) in [5, 5.41) is 19.2. The Labute approximate surface area is 182 Å². The lowest BCUT2D eigenvalue weighted by atomic mass is 9.89. The predicted molar refractivity (Wildman–Crippen MR) is 98.9 cm³/mol. The molecule has 1 unspecified atom stereocenters. The monoisotopic (exact) mass is 500 g/mol. The molecule has 1 atom stereocenters. The summed E-state index contributed by atoms with van der Waals surface area (Å²) in [6.07, 6.45) is -7.24. The molecule has 0 radical (unpaired) electrons. The van der Waals surface area contributed by atoms with Gasteiger partial charge in [-0.05, 0) is 48.2 Å². The Morgan fingerprint density at radius 1 is 1.09 bits per heavy atom. The molecule has 7 nitrogen and oxygen atoms in total. The van der Waals surface area contributed by atoms with E-state index < -0.39 is 56.3 Å². The van der Waals surface area contributed by atoms with E-state index in [9.17, 15) is 44.7 Å². The van der Waals surface area contributed by atoms with Gasteiger partial charge in [-0.25, -0.2) is 4.79 Å². The molecule has 0 aromatic heterocycles. The predicted octanol–water partition coefficient (Wildman–Crippen LogP) is 4.04. The van der Waals surface area contributed by atoms with Crippen molar-refractivity contribution in [2.24, 2.45) is 0 Å². The minimum Gasteiger partial charge on any atom is -0.493 e. The standard InChI is InChI=1S/C19H14F6O7S/c20-18(21,22)11-4-6-13(32-33(29,30)19(23,24)25)14(15(11)16(26)17(27)28)10-3-5-12-9(8-10)2-1-7-31-12/h3-6,8,16,26H,1-2,7H2,(H,27,28). The number of carboxylic acid groups (broad SMARTS) is 1. The molecule has 0 saturated carbocycles. The Bertz CT molecular complexity index is 1190. The molecule has 0 aliphatic carbocycles. The van der Waals surface area contributed by atoms with Crippen molar-refractivity contribution in [2.45, 2.75) is 30.6 Å². The van der Waals surface area contributed by atoms with Crippen LogP contribution in [0.25, 0.3) is 11.1 Å². The smallest absolute Gasteiger partial charge is 0.493 e. The number of alkyl halides is 6. The van der Waals surface area contributed by atoms with Gasteiger partial charge in [-0.2, -0.15) is 34.8 Å². The fourth-order valence-electron chi connectivity index (χ4n) is 3.30. The second kappa shape index (κ2) is 8.41. The van der Waals surface area contributed by atoms with Gasteiger partial charge in [0.15, 0.2) is 11.9 Å². The van der Waals surface area contributed by atoms with Crippen LogP contribution in [0.3, 0.4) is 0 Å². The van der Waals surface area contributed by atoms with Crippen LogP contribution < -0.4 is 8.92 Å². The zero-order valence-electron chi connectivity index (χ0n) is 16.2. The Morgan fingerprint density at radius 3 is 2.33 bits per heavy atom. The van der Waals surface area contributed by atoms with Gasteiger partial charge in [0.25, 0.3) is 0 Å². The zero-order chi connectivity index (χ0) is 24.8. The number of fused-ring (bicyclic) bond motifs is 1. The third-order valence-electron chi connectivity index (χ3n) is 4.70. The van der Waals surface area contributed by atoms with Gasteiger partial charge in [0, 0.05) is 11.1 Å². The maximum atomic E-state index is 13.6. The van der Waals surface area contributed by atoms with Crippen molar-refractivity contribution in [3.63, 3.8) is 0 Å². The highest BCUT2D eigenvalue weighted by Crippen LogP contribution is 2.46. The molecule has 1 heterocycles. The summed E-state index contributed by atoms with van der Waals surface area (Å²) in [6.45, 7) is 0.344. The van der Waals surface area contributed by atoms with E-state index in [-0.39, 0.29) is 11.6 Å². The van der Waals surface area contributed by atoms with Crippen LogP contribution in [0.5, 0.6) is 11.5 Å². The molecule has 33 heavy (non-hydrogen) atoms. The molecule has 2 N–H and O–H groups in total. The van der Waals surface area contributed by atoms with Crippen molar-refractivity contribution in [3.8, 4) is 22.6 Å². The number of benzene rings is 2. The lowest BCUT2D eigenvalue weighted by Crippen LogP contribution is -2.28. The van der Waals surface area contributed by atoms with E-state index >= 15 is 0 Å². The quantitative estimate of drug-likeness (QED) is 0.362. The Hall–Kier alpha value is -3.00. The third kappa shape index (κ3) is 4.85. The van der Waals surface area contributed by atoms with Gasteiger partial charge in [-0.3, -0.25) is 0 Å². The van der Waals surface area contributed by atoms with Gasteiger partial charge in [-0.1, -0.05) is 6.07 Å². The number of aryl methyl sites for hydroxylation is 1. The number of ether oxygens (including phenoxy) is 1. The molecule has 1 aliphatic rings. The number of carboxylic acids is 1. The van der Waals surface area contributed by atoms with Crippen LogP contribution in [0, 0.1) is 0 Å². The van der Waals surface area contributed by atoms with Gasteiger partial charge < -0.3 is 19.1 Å². The van der Waals surface area contributed by atoms with E-state index in [1.165, 1.54) is 12.1 Å². The Kier molecular flexibility index (Phi) is 6.28. The number of hydrogen-bond donors (Lipinski definition) is 2. The van der Waals surface area contributed by atoms with Crippen LogP contribution in [0.1, 0.15) is 29.2 Å². The number of rotatable bonds is 5. The number of carbonyl (C=O) groups is 1. The second-order valence-electron chi connectivity index (χ2n) is 6.90. The summed E-state index contributed by atoms with van der Waals surface area (Å²) in [5.74, 6) is -3.06. The summed E-state index contributed by atoms with van der Waals surface area (Å²) >= 11 is 0. The molecule has 0 amide bonds. The zero-order valence-corrected chi connectivity index (χ0v) is 17.0. The molecular formula is C19H14F6O7S. The number of hydrogen-bond acceptors (Lipinski definition) is 6. The van der Waals surface area contributed by atoms with Gasteiger partial charge >= 0.3 is 27.8 Å². The van der Waals surface area contributed by atoms with E-state index in [1.54, 1.807) is 0 Å². The largest absolute Gasteiger partial charge is 0.534 e. The highest BCUT2D eigenvalue weighted by molar-refractivity contribution is 7.88. The van der Waals surface area contributed by atoms with E-state index in [0.29, 0.717) is 36.8 Å².